The van der Waals surface area contributed by atoms with Gasteiger partial charge >= 0.3 is 23.2 Å². The lowest BCUT2D eigenvalue weighted by Crippen LogP contribution is -2.15. The van der Waals surface area contributed by atoms with E-state index in [1.54, 1.807) is 0 Å². The van der Waals surface area contributed by atoms with Crippen LogP contribution in [-0.4, -0.2) is 36.0 Å². The third-order valence-electron chi connectivity index (χ3n) is 1.10. The van der Waals surface area contributed by atoms with Gasteiger partial charge in [-0.05, 0) is 0 Å². The van der Waals surface area contributed by atoms with Crippen LogP contribution >= 0.6 is 23.2 Å². The first kappa shape index (κ1) is 13.4. The zero-order chi connectivity index (χ0) is 10.9. The molecule has 0 heterocycles. The zero-order valence-corrected chi connectivity index (χ0v) is 8.77. The molecule has 0 fully saturated rings. The highest BCUT2D eigenvalue weighted by Crippen LogP contribution is 2.65. The van der Waals surface area contributed by atoms with Crippen molar-refractivity contribution in [3.05, 3.63) is 0 Å². The highest BCUT2D eigenvalue weighted by Gasteiger charge is 2.55. The van der Waals surface area contributed by atoms with Crippen LogP contribution in [0.15, 0.2) is 0 Å². The summed E-state index contributed by atoms with van der Waals surface area (Å²) in [5.74, 6) is 0. The van der Waals surface area contributed by atoms with Gasteiger partial charge in [-0.25, -0.2) is 9.13 Å². The van der Waals surface area contributed by atoms with Crippen molar-refractivity contribution in [1.29, 1.82) is 0 Å². The van der Waals surface area contributed by atoms with Crippen LogP contribution in [0, 0.1) is 0 Å². The predicted octanol–water partition coefficient (Wildman–Crippen LogP) is -0.597. The molecule has 0 aromatic rings. The van der Waals surface area contributed by atoms with Crippen molar-refractivity contribution in [3.8, 4) is 0 Å². The number of hydrogen-bond acceptors (Lipinski definition) is 6. The Balaban J connectivity index is 4.89. The van der Waals surface area contributed by atoms with Crippen molar-refractivity contribution in [2.75, 3.05) is 6.16 Å². The summed E-state index contributed by atoms with van der Waals surface area (Å²) in [7, 11) is -13.1. The van der Waals surface area contributed by atoms with Crippen LogP contribution < -0.4 is 0 Å². The third kappa shape index (κ3) is 4.96. The van der Waals surface area contributed by atoms with E-state index in [0.29, 0.717) is 0 Å². The van der Waals surface area contributed by atoms with Crippen LogP contribution in [0.2, 0.25) is 0 Å². The molecule has 0 bridgehead atoms. The largest absolute Gasteiger partial charge is 0.420 e. The van der Waals surface area contributed by atoms with E-state index >= 15 is 0 Å². The number of rotatable bonds is 4. The zero-order valence-electron chi connectivity index (χ0n) is 6.09. The predicted molar refractivity (Wildman–Crippen MR) is 42.6 cm³/mol. The molecule has 11 heteroatoms. The minimum atomic E-state index is -5.04. The molecule has 0 spiro atoms. The smallest absolute Gasteiger partial charge is 0.321 e. The second-order valence-corrected chi connectivity index (χ2v) is 7.29. The SMILES string of the molecule is O=P(=O)CC(P(=O)(O)O)[P+](O)(O)O. The van der Waals surface area contributed by atoms with Gasteiger partial charge < -0.3 is 9.79 Å². The van der Waals surface area contributed by atoms with Gasteiger partial charge in [-0.15, -0.1) is 0 Å². The molecule has 1 atom stereocenters. The normalized spacial score (nSPS) is 15.5. The molecule has 1 unspecified atom stereocenters. The molecule has 5 N–H and O–H groups in total. The molecule has 78 valence electrons. The average molecular weight is 253 g/mol. The van der Waals surface area contributed by atoms with Gasteiger partial charge in [0.15, 0.2) is 0 Å². The Kier molecular flexibility index (Phi) is 4.37. The van der Waals surface area contributed by atoms with E-state index in [0.717, 1.165) is 0 Å². The van der Waals surface area contributed by atoms with Gasteiger partial charge in [0.2, 0.25) is 0 Å². The fraction of sp³-hybridized carbons (Fsp3) is 1.00. The Hall–Kier alpha value is 0.360. The molecule has 0 rings (SSSR count). The molecule has 8 nitrogen and oxygen atoms in total. The van der Waals surface area contributed by atoms with E-state index in [2.05, 4.69) is 0 Å². The molecule has 0 aliphatic heterocycles. The summed E-state index contributed by atoms with van der Waals surface area (Å²) in [6, 6.07) is 0. The standard InChI is InChI=1S/C2H7O8P3/c3-11(4)1-2(12(5,6)7)13(8,9)10/h2,5-7H,1H2,(H-,8,9,10)/p+1. The molecule has 0 saturated carbocycles. The van der Waals surface area contributed by atoms with E-state index in [9.17, 15) is 13.7 Å². The lowest BCUT2D eigenvalue weighted by atomic mass is 10.9. The molecule has 0 aromatic carbocycles. The van der Waals surface area contributed by atoms with E-state index in [4.69, 9.17) is 24.5 Å². The lowest BCUT2D eigenvalue weighted by molar-refractivity contribution is 0.312. The van der Waals surface area contributed by atoms with Crippen LogP contribution in [0.25, 0.3) is 0 Å². The third-order valence-corrected chi connectivity index (χ3v) is 6.11. The minimum Gasteiger partial charge on any atom is -0.321 e. The van der Waals surface area contributed by atoms with Gasteiger partial charge in [0.1, 0.15) is 6.16 Å². The first-order chi connectivity index (χ1) is 5.55. The highest BCUT2D eigenvalue weighted by molar-refractivity contribution is 7.75. The van der Waals surface area contributed by atoms with Crippen LogP contribution in [0.5, 0.6) is 0 Å². The average Bonchev–Trinajstić information content (AvgIpc) is 1.77. The summed E-state index contributed by atoms with van der Waals surface area (Å²) >= 11 is 0. The Labute approximate surface area is 73.8 Å². The second-order valence-electron chi connectivity index (χ2n) is 2.20. The van der Waals surface area contributed by atoms with Crippen molar-refractivity contribution in [2.24, 2.45) is 0 Å². The summed E-state index contributed by atoms with van der Waals surface area (Å²) in [4.78, 5) is 42.5. The van der Waals surface area contributed by atoms with Crippen LogP contribution in [0.1, 0.15) is 0 Å². The van der Waals surface area contributed by atoms with E-state index in [1.165, 1.54) is 0 Å². The maximum Gasteiger partial charge on any atom is 0.420 e. The van der Waals surface area contributed by atoms with Gasteiger partial charge in [0, 0.05) is 0 Å². The summed E-state index contributed by atoms with van der Waals surface area (Å²) in [6.45, 7) is 0. The molecule has 0 radical (unpaired) electrons. The molecule has 13 heavy (non-hydrogen) atoms. The maximum atomic E-state index is 10.5. The molecule has 0 aromatic heterocycles. The van der Waals surface area contributed by atoms with Gasteiger partial charge in [0.05, 0.1) is 0 Å². The summed E-state index contributed by atoms with van der Waals surface area (Å²) in [5, 5.41) is -2.35. The Morgan fingerprint density at radius 2 is 1.62 bits per heavy atom. The van der Waals surface area contributed by atoms with E-state index in [-0.39, 0.29) is 0 Å². The minimum absolute atomic E-state index is 1.17. The Morgan fingerprint density at radius 3 is 1.69 bits per heavy atom. The van der Waals surface area contributed by atoms with E-state index in [1.807, 2.05) is 0 Å². The first-order valence-corrected chi connectivity index (χ1v) is 7.55. The van der Waals surface area contributed by atoms with E-state index < -0.39 is 34.8 Å². The molecular formula is C2H8O8P3+. The van der Waals surface area contributed by atoms with Crippen molar-refractivity contribution in [2.45, 2.75) is 5.40 Å². The van der Waals surface area contributed by atoms with Crippen LogP contribution in [0.3, 0.4) is 0 Å². The molecule has 0 saturated heterocycles. The molecule has 0 aliphatic carbocycles. The number of hydrogen-bond donors (Lipinski definition) is 5. The highest BCUT2D eigenvalue weighted by atomic mass is 31.3. The van der Waals surface area contributed by atoms with Gasteiger partial charge in [-0.1, -0.05) is 0 Å². The molecule has 0 aliphatic rings. The first-order valence-electron chi connectivity index (χ1n) is 2.79. The Morgan fingerprint density at radius 1 is 1.23 bits per heavy atom. The van der Waals surface area contributed by atoms with Crippen molar-refractivity contribution in [1.82, 2.24) is 0 Å². The summed E-state index contributed by atoms with van der Waals surface area (Å²) in [5.41, 5.74) is 0. The fourth-order valence-electron chi connectivity index (χ4n) is 0.551. The van der Waals surface area contributed by atoms with Gasteiger partial charge in [-0.2, -0.15) is 14.7 Å². The van der Waals surface area contributed by atoms with Gasteiger partial charge in [0.25, 0.3) is 5.40 Å². The monoisotopic (exact) mass is 253 g/mol. The molecule has 0 amide bonds. The topological polar surface area (TPSA) is 152 Å². The fourth-order valence-corrected chi connectivity index (χ4v) is 4.96. The summed E-state index contributed by atoms with van der Waals surface area (Å²) in [6.07, 6.45) is -1.17. The van der Waals surface area contributed by atoms with Crippen LogP contribution in [-0.2, 0) is 13.7 Å². The van der Waals surface area contributed by atoms with Crippen LogP contribution in [0.4, 0.5) is 0 Å². The Bertz CT molecular complexity index is 272. The second kappa shape index (κ2) is 4.26. The van der Waals surface area contributed by atoms with Crippen molar-refractivity contribution >= 4 is 23.2 Å². The maximum absolute atomic E-state index is 10.5. The van der Waals surface area contributed by atoms with Crippen molar-refractivity contribution in [3.63, 3.8) is 0 Å². The summed E-state index contributed by atoms with van der Waals surface area (Å²) < 4.78 is 30.7. The molecular weight excluding hydrogens is 245 g/mol. The lowest BCUT2D eigenvalue weighted by Gasteiger charge is -2.14. The van der Waals surface area contributed by atoms with Gasteiger partial charge in [-0.3, -0.25) is 4.57 Å². The quantitative estimate of drug-likeness (QED) is 0.416. The van der Waals surface area contributed by atoms with Crippen molar-refractivity contribution < 1.29 is 38.2 Å².